The van der Waals surface area contributed by atoms with E-state index < -0.39 is 5.97 Å². The molecule has 0 fully saturated rings. The standard InChI is InChI=1S/C17H19NO3/c1-4-5-14-9-13(17(19)20)10-16(18-14)21-15-7-11(2)6-12(3)8-15/h6-10H,4-5H2,1-3H3,(H,19,20). The van der Waals surface area contributed by atoms with Crippen LogP contribution in [-0.4, -0.2) is 16.1 Å². The lowest BCUT2D eigenvalue weighted by Crippen LogP contribution is -2.02. The van der Waals surface area contributed by atoms with Crippen molar-refractivity contribution in [1.29, 1.82) is 0 Å². The number of aryl methyl sites for hydroxylation is 3. The highest BCUT2D eigenvalue weighted by Gasteiger charge is 2.10. The lowest BCUT2D eigenvalue weighted by atomic mass is 10.1. The maximum atomic E-state index is 11.2. The van der Waals surface area contributed by atoms with Crippen LogP contribution < -0.4 is 4.74 Å². The number of nitrogens with zero attached hydrogens (tertiary/aromatic N) is 1. The van der Waals surface area contributed by atoms with E-state index in [1.165, 1.54) is 6.07 Å². The predicted molar refractivity (Wildman–Crippen MR) is 81.2 cm³/mol. The van der Waals surface area contributed by atoms with Gasteiger partial charge in [-0.3, -0.25) is 0 Å². The molecule has 0 amide bonds. The fourth-order valence-corrected chi connectivity index (χ4v) is 2.23. The molecule has 2 aromatic rings. The van der Waals surface area contributed by atoms with Gasteiger partial charge in [0.1, 0.15) is 5.75 Å². The number of carboxylic acids is 1. The Kier molecular flexibility index (Phi) is 4.58. The first kappa shape index (κ1) is 15.0. The van der Waals surface area contributed by atoms with Crippen LogP contribution in [0, 0.1) is 13.8 Å². The van der Waals surface area contributed by atoms with E-state index in [1.807, 2.05) is 32.9 Å². The van der Waals surface area contributed by atoms with Gasteiger partial charge in [0.2, 0.25) is 5.88 Å². The second kappa shape index (κ2) is 6.39. The highest BCUT2D eigenvalue weighted by Crippen LogP contribution is 2.24. The van der Waals surface area contributed by atoms with E-state index in [0.29, 0.717) is 11.6 Å². The zero-order valence-corrected chi connectivity index (χ0v) is 12.5. The van der Waals surface area contributed by atoms with Crippen molar-refractivity contribution in [3.63, 3.8) is 0 Å². The number of hydrogen-bond donors (Lipinski definition) is 1. The van der Waals surface area contributed by atoms with Gasteiger partial charge in [0.15, 0.2) is 0 Å². The van der Waals surface area contributed by atoms with E-state index in [9.17, 15) is 9.90 Å². The van der Waals surface area contributed by atoms with Gasteiger partial charge in [-0.15, -0.1) is 0 Å². The molecule has 1 aromatic heterocycles. The third kappa shape index (κ3) is 4.05. The van der Waals surface area contributed by atoms with E-state index in [4.69, 9.17) is 4.74 Å². The first-order valence-corrected chi connectivity index (χ1v) is 6.98. The van der Waals surface area contributed by atoms with Crippen molar-refractivity contribution in [1.82, 2.24) is 4.98 Å². The number of carbonyl (C=O) groups is 1. The van der Waals surface area contributed by atoms with Crippen LogP contribution in [-0.2, 0) is 6.42 Å². The molecule has 21 heavy (non-hydrogen) atoms. The Labute approximate surface area is 124 Å². The zero-order chi connectivity index (χ0) is 15.4. The Morgan fingerprint density at radius 1 is 1.14 bits per heavy atom. The summed E-state index contributed by atoms with van der Waals surface area (Å²) < 4.78 is 5.74. The second-order valence-electron chi connectivity index (χ2n) is 5.17. The maximum Gasteiger partial charge on any atom is 0.335 e. The van der Waals surface area contributed by atoms with Crippen molar-refractivity contribution < 1.29 is 14.6 Å². The molecule has 0 aliphatic rings. The third-order valence-electron chi connectivity index (χ3n) is 3.03. The molecule has 4 heteroatoms. The summed E-state index contributed by atoms with van der Waals surface area (Å²) in [6.07, 6.45) is 1.63. The van der Waals surface area contributed by atoms with Crippen LogP contribution in [0.25, 0.3) is 0 Å². The molecule has 0 aliphatic heterocycles. The van der Waals surface area contributed by atoms with Gasteiger partial charge in [-0.1, -0.05) is 19.4 Å². The van der Waals surface area contributed by atoms with Crippen LogP contribution in [0.3, 0.4) is 0 Å². The summed E-state index contributed by atoms with van der Waals surface area (Å²) in [5.41, 5.74) is 3.12. The number of pyridine rings is 1. The number of ether oxygens (including phenoxy) is 1. The molecule has 0 unspecified atom stereocenters. The summed E-state index contributed by atoms with van der Waals surface area (Å²) in [4.78, 5) is 15.6. The number of carboxylic acid groups (broad SMARTS) is 1. The van der Waals surface area contributed by atoms with Crippen molar-refractivity contribution in [3.05, 3.63) is 52.7 Å². The minimum Gasteiger partial charge on any atom is -0.478 e. The van der Waals surface area contributed by atoms with Gasteiger partial charge in [-0.05, 0) is 49.6 Å². The topological polar surface area (TPSA) is 59.4 Å². The van der Waals surface area contributed by atoms with Gasteiger partial charge in [0, 0.05) is 11.8 Å². The summed E-state index contributed by atoms with van der Waals surface area (Å²) in [5, 5.41) is 9.17. The van der Waals surface area contributed by atoms with Crippen LogP contribution in [0.4, 0.5) is 0 Å². The summed E-state index contributed by atoms with van der Waals surface area (Å²) >= 11 is 0. The SMILES string of the molecule is CCCc1cc(C(=O)O)cc(Oc2cc(C)cc(C)c2)n1. The van der Waals surface area contributed by atoms with Crippen LogP contribution in [0.15, 0.2) is 30.3 Å². The molecule has 0 atom stereocenters. The van der Waals surface area contributed by atoms with Gasteiger partial charge in [0.25, 0.3) is 0 Å². The quantitative estimate of drug-likeness (QED) is 0.896. The van der Waals surface area contributed by atoms with E-state index in [1.54, 1.807) is 6.07 Å². The molecular weight excluding hydrogens is 266 g/mol. The Balaban J connectivity index is 2.35. The third-order valence-corrected chi connectivity index (χ3v) is 3.03. The average Bonchev–Trinajstić information content (AvgIpc) is 2.37. The van der Waals surface area contributed by atoms with Gasteiger partial charge >= 0.3 is 5.97 Å². The number of aromatic carboxylic acids is 1. The van der Waals surface area contributed by atoms with Crippen LogP contribution in [0.5, 0.6) is 11.6 Å². The van der Waals surface area contributed by atoms with Crippen LogP contribution in [0.2, 0.25) is 0 Å². The fraction of sp³-hybridized carbons (Fsp3) is 0.294. The van der Waals surface area contributed by atoms with Gasteiger partial charge in [-0.25, -0.2) is 9.78 Å². The molecule has 0 saturated carbocycles. The lowest BCUT2D eigenvalue weighted by molar-refractivity contribution is 0.0696. The monoisotopic (exact) mass is 285 g/mol. The smallest absolute Gasteiger partial charge is 0.335 e. The molecule has 0 radical (unpaired) electrons. The molecule has 4 nitrogen and oxygen atoms in total. The predicted octanol–water partition coefficient (Wildman–Crippen LogP) is 4.14. The van der Waals surface area contributed by atoms with Crippen molar-refractivity contribution in [2.45, 2.75) is 33.6 Å². The molecule has 1 heterocycles. The lowest BCUT2D eigenvalue weighted by Gasteiger charge is -2.09. The minimum absolute atomic E-state index is 0.202. The number of rotatable bonds is 5. The average molecular weight is 285 g/mol. The normalized spacial score (nSPS) is 10.4. The van der Waals surface area contributed by atoms with Crippen molar-refractivity contribution in [2.75, 3.05) is 0 Å². The molecule has 0 spiro atoms. The Hall–Kier alpha value is -2.36. The zero-order valence-electron chi connectivity index (χ0n) is 12.5. The first-order chi connectivity index (χ1) is 9.97. The fourth-order valence-electron chi connectivity index (χ4n) is 2.23. The van der Waals surface area contributed by atoms with Gasteiger partial charge < -0.3 is 9.84 Å². The second-order valence-corrected chi connectivity index (χ2v) is 5.17. The summed E-state index contributed by atoms with van der Waals surface area (Å²) in [6, 6.07) is 8.92. The Morgan fingerprint density at radius 2 is 1.81 bits per heavy atom. The summed E-state index contributed by atoms with van der Waals surface area (Å²) in [7, 11) is 0. The first-order valence-electron chi connectivity index (χ1n) is 6.98. The molecule has 1 N–H and O–H groups in total. The maximum absolute atomic E-state index is 11.2. The molecule has 2 rings (SSSR count). The molecule has 0 saturated heterocycles. The Bertz CT molecular complexity index is 645. The summed E-state index contributed by atoms with van der Waals surface area (Å²) in [6.45, 7) is 6.01. The van der Waals surface area contributed by atoms with E-state index in [0.717, 1.165) is 29.7 Å². The van der Waals surface area contributed by atoms with Crippen molar-refractivity contribution in [2.24, 2.45) is 0 Å². The molecule has 1 aromatic carbocycles. The van der Waals surface area contributed by atoms with Crippen molar-refractivity contribution in [3.8, 4) is 11.6 Å². The number of hydrogen-bond acceptors (Lipinski definition) is 3. The molecule has 0 aliphatic carbocycles. The van der Waals surface area contributed by atoms with Gasteiger partial charge in [0.05, 0.1) is 5.56 Å². The molecule has 0 bridgehead atoms. The molecular formula is C17H19NO3. The van der Waals surface area contributed by atoms with Crippen LogP contribution in [0.1, 0.15) is 40.5 Å². The van der Waals surface area contributed by atoms with E-state index in [2.05, 4.69) is 11.1 Å². The largest absolute Gasteiger partial charge is 0.478 e. The van der Waals surface area contributed by atoms with Crippen LogP contribution >= 0.6 is 0 Å². The molecule has 110 valence electrons. The summed E-state index contributed by atoms with van der Waals surface area (Å²) in [5.74, 6) is 0.0216. The van der Waals surface area contributed by atoms with E-state index >= 15 is 0 Å². The highest BCUT2D eigenvalue weighted by molar-refractivity contribution is 5.88. The van der Waals surface area contributed by atoms with Gasteiger partial charge in [-0.2, -0.15) is 0 Å². The number of benzene rings is 1. The minimum atomic E-state index is -0.972. The van der Waals surface area contributed by atoms with E-state index in [-0.39, 0.29) is 5.56 Å². The highest BCUT2D eigenvalue weighted by atomic mass is 16.5. The number of aromatic nitrogens is 1. The Morgan fingerprint density at radius 3 is 2.38 bits per heavy atom. The van der Waals surface area contributed by atoms with Crippen molar-refractivity contribution >= 4 is 5.97 Å².